The number of anilines is 1. The summed E-state index contributed by atoms with van der Waals surface area (Å²) in [6.45, 7) is 5.41. The molecule has 0 amide bonds. The van der Waals surface area contributed by atoms with Gasteiger partial charge in [0.25, 0.3) is 0 Å². The van der Waals surface area contributed by atoms with E-state index in [2.05, 4.69) is 6.58 Å². The number of aryl methyl sites for hydroxylation is 1. The maximum Gasteiger partial charge on any atom is 0.166 e. The van der Waals surface area contributed by atoms with Gasteiger partial charge in [-0.3, -0.25) is 4.79 Å². The monoisotopic (exact) mass is 175 g/mol. The van der Waals surface area contributed by atoms with Crippen molar-refractivity contribution in [2.75, 3.05) is 5.73 Å². The van der Waals surface area contributed by atoms with Crippen molar-refractivity contribution in [3.05, 3.63) is 42.0 Å². The Labute approximate surface area is 78.1 Å². The second kappa shape index (κ2) is 3.90. The first-order valence-electron chi connectivity index (χ1n) is 4.15. The second-order valence-electron chi connectivity index (χ2n) is 2.99. The van der Waals surface area contributed by atoms with Crippen molar-refractivity contribution in [2.45, 2.75) is 13.3 Å². The minimum Gasteiger partial charge on any atom is -0.399 e. The van der Waals surface area contributed by atoms with E-state index in [-0.39, 0.29) is 5.78 Å². The molecule has 0 aliphatic heterocycles. The summed E-state index contributed by atoms with van der Waals surface area (Å²) in [5.74, 6) is 0.0816. The van der Waals surface area contributed by atoms with Crippen LogP contribution in [-0.2, 0) is 0 Å². The third kappa shape index (κ3) is 2.18. The number of carbonyl (C=O) groups is 1. The Morgan fingerprint density at radius 2 is 2.31 bits per heavy atom. The molecule has 0 spiro atoms. The van der Waals surface area contributed by atoms with E-state index >= 15 is 0 Å². The molecular formula is C11H13NO. The molecule has 0 bridgehead atoms. The maximum atomic E-state index is 11.4. The van der Waals surface area contributed by atoms with Crippen molar-refractivity contribution < 1.29 is 4.79 Å². The Hall–Kier alpha value is -1.57. The summed E-state index contributed by atoms with van der Waals surface area (Å²) in [5, 5.41) is 0. The average Bonchev–Trinajstić information content (AvgIpc) is 2.10. The van der Waals surface area contributed by atoms with Crippen LogP contribution in [0.15, 0.2) is 30.9 Å². The van der Waals surface area contributed by atoms with Crippen LogP contribution in [0.5, 0.6) is 0 Å². The maximum absolute atomic E-state index is 11.4. The molecule has 0 fully saturated rings. The van der Waals surface area contributed by atoms with Gasteiger partial charge in [0.1, 0.15) is 0 Å². The molecule has 0 unspecified atom stereocenters. The molecule has 1 aromatic rings. The van der Waals surface area contributed by atoms with Crippen molar-refractivity contribution >= 4 is 11.5 Å². The van der Waals surface area contributed by atoms with Gasteiger partial charge in [-0.05, 0) is 30.7 Å². The summed E-state index contributed by atoms with van der Waals surface area (Å²) < 4.78 is 0. The fourth-order valence-electron chi connectivity index (χ4n) is 1.10. The molecule has 0 aliphatic rings. The molecule has 0 radical (unpaired) electrons. The van der Waals surface area contributed by atoms with Gasteiger partial charge in [-0.2, -0.15) is 0 Å². The minimum absolute atomic E-state index is 0.0816. The third-order valence-electron chi connectivity index (χ3n) is 1.92. The molecule has 0 aliphatic carbocycles. The van der Waals surface area contributed by atoms with E-state index in [1.165, 1.54) is 0 Å². The SMILES string of the molecule is C=CCC(=O)c1ccc(N)c(C)c1. The Morgan fingerprint density at radius 1 is 1.62 bits per heavy atom. The van der Waals surface area contributed by atoms with Crippen molar-refractivity contribution in [1.29, 1.82) is 0 Å². The molecule has 0 atom stereocenters. The zero-order valence-electron chi connectivity index (χ0n) is 7.71. The van der Waals surface area contributed by atoms with E-state index < -0.39 is 0 Å². The number of allylic oxidation sites excluding steroid dienone is 1. The molecule has 68 valence electrons. The number of benzene rings is 1. The Morgan fingerprint density at radius 3 is 2.85 bits per heavy atom. The number of Topliss-reactive ketones (excluding diaryl/α,β-unsaturated/α-hetero) is 1. The molecule has 2 nitrogen and oxygen atoms in total. The van der Waals surface area contributed by atoms with Crippen LogP contribution in [0.2, 0.25) is 0 Å². The number of hydrogen-bond acceptors (Lipinski definition) is 2. The lowest BCUT2D eigenvalue weighted by Crippen LogP contribution is -1.99. The predicted molar refractivity (Wildman–Crippen MR) is 54.7 cm³/mol. The largest absolute Gasteiger partial charge is 0.399 e. The zero-order chi connectivity index (χ0) is 9.84. The number of carbonyl (C=O) groups excluding carboxylic acids is 1. The minimum atomic E-state index is 0.0816. The first-order chi connectivity index (χ1) is 6.15. The van der Waals surface area contributed by atoms with Crippen LogP contribution < -0.4 is 5.73 Å². The van der Waals surface area contributed by atoms with Gasteiger partial charge in [0.15, 0.2) is 5.78 Å². The molecule has 2 heteroatoms. The lowest BCUT2D eigenvalue weighted by molar-refractivity contribution is 0.0996. The highest BCUT2D eigenvalue weighted by Crippen LogP contribution is 2.13. The highest BCUT2D eigenvalue weighted by Gasteiger charge is 2.04. The van der Waals surface area contributed by atoms with Crippen molar-refractivity contribution in [3.8, 4) is 0 Å². The Bertz CT molecular complexity index is 342. The van der Waals surface area contributed by atoms with Crippen LogP contribution in [-0.4, -0.2) is 5.78 Å². The first-order valence-corrected chi connectivity index (χ1v) is 4.15. The van der Waals surface area contributed by atoms with Crippen molar-refractivity contribution in [2.24, 2.45) is 0 Å². The van der Waals surface area contributed by atoms with Crippen LogP contribution in [0, 0.1) is 6.92 Å². The summed E-state index contributed by atoms with van der Waals surface area (Å²) in [6.07, 6.45) is 1.98. The quantitative estimate of drug-likeness (QED) is 0.435. The van der Waals surface area contributed by atoms with Crippen molar-refractivity contribution in [1.82, 2.24) is 0 Å². The molecule has 1 aromatic carbocycles. The van der Waals surface area contributed by atoms with Gasteiger partial charge in [0.2, 0.25) is 0 Å². The fraction of sp³-hybridized carbons (Fsp3) is 0.182. The number of ketones is 1. The normalized spacial score (nSPS) is 9.62. The Kier molecular flexibility index (Phi) is 2.85. The van der Waals surface area contributed by atoms with Crippen LogP contribution in [0.4, 0.5) is 5.69 Å². The molecule has 2 N–H and O–H groups in total. The van der Waals surface area contributed by atoms with Gasteiger partial charge in [-0.15, -0.1) is 6.58 Å². The topological polar surface area (TPSA) is 43.1 Å². The number of rotatable bonds is 3. The molecule has 0 aromatic heterocycles. The van der Waals surface area contributed by atoms with Crippen LogP contribution in [0.25, 0.3) is 0 Å². The van der Waals surface area contributed by atoms with Gasteiger partial charge in [-0.1, -0.05) is 6.08 Å². The number of hydrogen-bond donors (Lipinski definition) is 1. The lowest BCUT2D eigenvalue weighted by atomic mass is 10.0. The molecule has 13 heavy (non-hydrogen) atoms. The highest BCUT2D eigenvalue weighted by atomic mass is 16.1. The van der Waals surface area contributed by atoms with Gasteiger partial charge >= 0.3 is 0 Å². The summed E-state index contributed by atoms with van der Waals surface area (Å²) in [6, 6.07) is 5.31. The molecule has 1 rings (SSSR count). The smallest absolute Gasteiger partial charge is 0.166 e. The van der Waals surface area contributed by atoms with Crippen LogP contribution in [0.3, 0.4) is 0 Å². The molecular weight excluding hydrogens is 162 g/mol. The van der Waals surface area contributed by atoms with E-state index in [0.29, 0.717) is 12.0 Å². The number of nitrogens with two attached hydrogens (primary N) is 1. The van der Waals surface area contributed by atoms with E-state index in [1.807, 2.05) is 6.92 Å². The zero-order valence-corrected chi connectivity index (χ0v) is 7.71. The van der Waals surface area contributed by atoms with E-state index in [9.17, 15) is 4.79 Å². The lowest BCUT2D eigenvalue weighted by Gasteiger charge is -2.02. The first kappa shape index (κ1) is 9.52. The molecule has 0 heterocycles. The van der Waals surface area contributed by atoms with Gasteiger partial charge < -0.3 is 5.73 Å². The fourth-order valence-corrected chi connectivity index (χ4v) is 1.10. The summed E-state index contributed by atoms with van der Waals surface area (Å²) in [7, 11) is 0. The third-order valence-corrected chi connectivity index (χ3v) is 1.92. The standard InChI is InChI=1S/C11H13NO/c1-3-4-11(13)9-5-6-10(12)8(2)7-9/h3,5-7H,1,4,12H2,2H3. The second-order valence-corrected chi connectivity index (χ2v) is 2.99. The highest BCUT2D eigenvalue weighted by molar-refractivity contribution is 5.97. The summed E-state index contributed by atoms with van der Waals surface area (Å²) in [4.78, 5) is 11.4. The summed E-state index contributed by atoms with van der Waals surface area (Å²) >= 11 is 0. The average molecular weight is 175 g/mol. The molecule has 0 saturated carbocycles. The van der Waals surface area contributed by atoms with Gasteiger partial charge in [-0.25, -0.2) is 0 Å². The number of nitrogen functional groups attached to an aromatic ring is 1. The van der Waals surface area contributed by atoms with Crippen LogP contribution >= 0.6 is 0 Å². The van der Waals surface area contributed by atoms with E-state index in [4.69, 9.17) is 5.73 Å². The van der Waals surface area contributed by atoms with Gasteiger partial charge in [0.05, 0.1) is 0 Å². The Balaban J connectivity index is 2.96. The van der Waals surface area contributed by atoms with Crippen LogP contribution in [0.1, 0.15) is 22.3 Å². The predicted octanol–water partition coefficient (Wildman–Crippen LogP) is 2.34. The van der Waals surface area contributed by atoms with Gasteiger partial charge in [0, 0.05) is 17.7 Å². The van der Waals surface area contributed by atoms with Crippen molar-refractivity contribution in [3.63, 3.8) is 0 Å². The summed E-state index contributed by atoms with van der Waals surface area (Å²) in [5.41, 5.74) is 7.99. The molecule has 0 saturated heterocycles. The van der Waals surface area contributed by atoms with E-state index in [0.717, 1.165) is 11.3 Å². The van der Waals surface area contributed by atoms with E-state index in [1.54, 1.807) is 24.3 Å².